The largest absolute Gasteiger partial charge is 0.450 e. The molecule has 0 aliphatic heterocycles. The molecule has 0 saturated carbocycles. The van der Waals surface area contributed by atoms with Gasteiger partial charge in [-0.3, -0.25) is 0 Å². The summed E-state index contributed by atoms with van der Waals surface area (Å²) in [5.41, 5.74) is 0. The molecular formula is C9H19NO2. The van der Waals surface area contributed by atoms with Crippen LogP contribution in [0.3, 0.4) is 0 Å². The lowest BCUT2D eigenvalue weighted by Gasteiger charge is -2.03. The van der Waals surface area contributed by atoms with Gasteiger partial charge in [0.25, 0.3) is 0 Å². The van der Waals surface area contributed by atoms with E-state index >= 15 is 0 Å². The zero-order valence-electron chi connectivity index (χ0n) is 8.06. The van der Waals surface area contributed by atoms with Crippen molar-refractivity contribution < 1.29 is 9.53 Å². The monoisotopic (exact) mass is 173 g/mol. The van der Waals surface area contributed by atoms with Crippen molar-refractivity contribution in [1.82, 2.24) is 5.32 Å². The van der Waals surface area contributed by atoms with Crippen LogP contribution in [0.1, 0.15) is 39.5 Å². The van der Waals surface area contributed by atoms with Crippen LogP contribution in [0, 0.1) is 0 Å². The molecule has 1 N–H and O–H groups in total. The SMILES string of the molecule is CCCCCCNC(=O)OCC. The van der Waals surface area contributed by atoms with E-state index in [9.17, 15) is 4.79 Å². The van der Waals surface area contributed by atoms with Crippen molar-refractivity contribution >= 4 is 6.09 Å². The molecule has 0 fully saturated rings. The molecule has 72 valence electrons. The van der Waals surface area contributed by atoms with Crippen molar-refractivity contribution in [3.8, 4) is 0 Å². The van der Waals surface area contributed by atoms with Gasteiger partial charge in [-0.05, 0) is 13.3 Å². The van der Waals surface area contributed by atoms with Crippen LogP contribution in [0.15, 0.2) is 0 Å². The van der Waals surface area contributed by atoms with E-state index in [1.807, 2.05) is 0 Å². The molecule has 0 saturated heterocycles. The number of hydrogen-bond acceptors (Lipinski definition) is 2. The second-order valence-corrected chi connectivity index (χ2v) is 2.71. The Morgan fingerprint density at radius 2 is 2.00 bits per heavy atom. The third-order valence-corrected chi connectivity index (χ3v) is 1.58. The van der Waals surface area contributed by atoms with Crippen LogP contribution in [0.5, 0.6) is 0 Å². The van der Waals surface area contributed by atoms with Crippen molar-refractivity contribution in [2.45, 2.75) is 39.5 Å². The molecule has 0 spiro atoms. The van der Waals surface area contributed by atoms with Gasteiger partial charge in [0.1, 0.15) is 0 Å². The summed E-state index contributed by atoms with van der Waals surface area (Å²) in [7, 11) is 0. The third-order valence-electron chi connectivity index (χ3n) is 1.58. The van der Waals surface area contributed by atoms with Crippen LogP contribution in [0.4, 0.5) is 4.79 Å². The van der Waals surface area contributed by atoms with Crippen LogP contribution in [-0.2, 0) is 4.74 Å². The molecule has 0 aromatic heterocycles. The Morgan fingerprint density at radius 1 is 1.25 bits per heavy atom. The Labute approximate surface area is 74.5 Å². The molecule has 0 rings (SSSR count). The number of ether oxygens (including phenoxy) is 1. The summed E-state index contributed by atoms with van der Waals surface area (Å²) in [5.74, 6) is 0. The van der Waals surface area contributed by atoms with E-state index in [2.05, 4.69) is 12.2 Å². The summed E-state index contributed by atoms with van der Waals surface area (Å²) >= 11 is 0. The minimum atomic E-state index is -0.297. The van der Waals surface area contributed by atoms with Crippen LogP contribution in [0.2, 0.25) is 0 Å². The van der Waals surface area contributed by atoms with Gasteiger partial charge in [0.15, 0.2) is 0 Å². The third kappa shape index (κ3) is 7.38. The molecule has 12 heavy (non-hydrogen) atoms. The lowest BCUT2D eigenvalue weighted by atomic mass is 10.2. The molecule has 0 aliphatic carbocycles. The van der Waals surface area contributed by atoms with E-state index in [-0.39, 0.29) is 6.09 Å². The van der Waals surface area contributed by atoms with E-state index < -0.39 is 0 Å². The zero-order valence-corrected chi connectivity index (χ0v) is 8.06. The Kier molecular flexibility index (Phi) is 7.86. The van der Waals surface area contributed by atoms with Gasteiger partial charge in [-0.25, -0.2) is 4.79 Å². The Balaban J connectivity index is 3.03. The molecule has 0 heterocycles. The normalized spacial score (nSPS) is 9.50. The van der Waals surface area contributed by atoms with Crippen molar-refractivity contribution in [3.63, 3.8) is 0 Å². The highest BCUT2D eigenvalue weighted by molar-refractivity contribution is 5.66. The highest BCUT2D eigenvalue weighted by Gasteiger charge is 1.96. The smallest absolute Gasteiger partial charge is 0.407 e. The number of rotatable bonds is 6. The summed E-state index contributed by atoms with van der Waals surface area (Å²) in [4.78, 5) is 10.7. The summed E-state index contributed by atoms with van der Waals surface area (Å²) in [6.07, 6.45) is 4.40. The average molecular weight is 173 g/mol. The van der Waals surface area contributed by atoms with E-state index in [1.165, 1.54) is 19.3 Å². The van der Waals surface area contributed by atoms with Crippen molar-refractivity contribution in [2.75, 3.05) is 13.2 Å². The minimum Gasteiger partial charge on any atom is -0.450 e. The van der Waals surface area contributed by atoms with E-state index in [1.54, 1.807) is 6.92 Å². The van der Waals surface area contributed by atoms with E-state index in [0.29, 0.717) is 6.61 Å². The van der Waals surface area contributed by atoms with Gasteiger partial charge in [0.2, 0.25) is 0 Å². The molecule has 0 aromatic carbocycles. The molecule has 0 aliphatic rings. The highest BCUT2D eigenvalue weighted by Crippen LogP contribution is 1.96. The fourth-order valence-electron chi connectivity index (χ4n) is 0.924. The van der Waals surface area contributed by atoms with Crippen molar-refractivity contribution in [1.29, 1.82) is 0 Å². The predicted octanol–water partition coefficient (Wildman–Crippen LogP) is 2.31. The lowest BCUT2D eigenvalue weighted by Crippen LogP contribution is -2.25. The Bertz CT molecular complexity index is 115. The van der Waals surface area contributed by atoms with Gasteiger partial charge >= 0.3 is 6.09 Å². The molecule has 1 amide bonds. The second kappa shape index (κ2) is 8.37. The van der Waals surface area contributed by atoms with Gasteiger partial charge in [-0.15, -0.1) is 0 Å². The summed E-state index contributed by atoms with van der Waals surface area (Å²) < 4.78 is 4.70. The molecule has 3 heteroatoms. The maximum absolute atomic E-state index is 10.7. The lowest BCUT2D eigenvalue weighted by molar-refractivity contribution is 0.152. The second-order valence-electron chi connectivity index (χ2n) is 2.71. The van der Waals surface area contributed by atoms with Gasteiger partial charge in [-0.1, -0.05) is 26.2 Å². The fourth-order valence-corrected chi connectivity index (χ4v) is 0.924. The molecule has 0 unspecified atom stereocenters. The van der Waals surface area contributed by atoms with Crippen LogP contribution >= 0.6 is 0 Å². The first-order valence-electron chi connectivity index (χ1n) is 4.71. The standard InChI is InChI=1S/C9H19NO2/c1-3-5-6-7-8-10-9(11)12-4-2/h3-8H2,1-2H3,(H,10,11). The first-order chi connectivity index (χ1) is 5.81. The molecule has 0 aromatic rings. The highest BCUT2D eigenvalue weighted by atomic mass is 16.5. The maximum atomic E-state index is 10.7. The van der Waals surface area contributed by atoms with E-state index in [4.69, 9.17) is 4.74 Å². The maximum Gasteiger partial charge on any atom is 0.407 e. The van der Waals surface area contributed by atoms with Crippen LogP contribution < -0.4 is 5.32 Å². The first-order valence-corrected chi connectivity index (χ1v) is 4.71. The topological polar surface area (TPSA) is 38.3 Å². The molecule has 0 radical (unpaired) electrons. The summed E-state index contributed by atoms with van der Waals surface area (Å²) in [6.45, 7) is 5.15. The number of amides is 1. The van der Waals surface area contributed by atoms with Gasteiger partial charge in [-0.2, -0.15) is 0 Å². The summed E-state index contributed by atoms with van der Waals surface area (Å²) in [6, 6.07) is 0. The van der Waals surface area contributed by atoms with Gasteiger partial charge in [0, 0.05) is 6.54 Å². The number of carbonyl (C=O) groups is 1. The average Bonchev–Trinajstić information content (AvgIpc) is 2.05. The van der Waals surface area contributed by atoms with E-state index in [0.717, 1.165) is 13.0 Å². The van der Waals surface area contributed by atoms with Gasteiger partial charge < -0.3 is 10.1 Å². The minimum absolute atomic E-state index is 0.297. The van der Waals surface area contributed by atoms with Gasteiger partial charge in [0.05, 0.1) is 6.61 Å². The molecule has 0 atom stereocenters. The zero-order chi connectivity index (χ0) is 9.23. The molecule has 0 bridgehead atoms. The summed E-state index contributed by atoms with van der Waals surface area (Å²) in [5, 5.41) is 2.68. The van der Waals surface area contributed by atoms with Crippen LogP contribution in [0.25, 0.3) is 0 Å². The number of unbranched alkanes of at least 4 members (excludes halogenated alkanes) is 3. The number of carbonyl (C=O) groups excluding carboxylic acids is 1. The molecular weight excluding hydrogens is 154 g/mol. The Morgan fingerprint density at radius 3 is 2.58 bits per heavy atom. The Hall–Kier alpha value is -0.730. The number of hydrogen-bond donors (Lipinski definition) is 1. The fraction of sp³-hybridized carbons (Fsp3) is 0.889. The first kappa shape index (κ1) is 11.3. The predicted molar refractivity (Wildman–Crippen MR) is 49.2 cm³/mol. The number of nitrogens with one attached hydrogen (secondary N) is 1. The number of alkyl carbamates (subject to hydrolysis) is 1. The quantitative estimate of drug-likeness (QED) is 0.626. The van der Waals surface area contributed by atoms with Crippen LogP contribution in [-0.4, -0.2) is 19.2 Å². The van der Waals surface area contributed by atoms with Crippen molar-refractivity contribution in [3.05, 3.63) is 0 Å². The van der Waals surface area contributed by atoms with Crippen molar-refractivity contribution in [2.24, 2.45) is 0 Å². The molecule has 3 nitrogen and oxygen atoms in total.